The summed E-state index contributed by atoms with van der Waals surface area (Å²) in [5.41, 5.74) is 2.08. The van der Waals surface area contributed by atoms with Gasteiger partial charge in [-0.2, -0.15) is 0 Å². The van der Waals surface area contributed by atoms with Gasteiger partial charge in [0.05, 0.1) is 17.0 Å². The van der Waals surface area contributed by atoms with Crippen LogP contribution < -0.4 is 9.62 Å². The molecule has 0 radical (unpaired) electrons. The fourth-order valence-electron chi connectivity index (χ4n) is 3.37. The molecule has 0 heterocycles. The Bertz CT molecular complexity index is 1070. The molecule has 2 rings (SSSR count). The Morgan fingerprint density at radius 2 is 1.82 bits per heavy atom. The van der Waals surface area contributed by atoms with E-state index in [1.807, 2.05) is 38.1 Å². The molecule has 7 nitrogen and oxygen atoms in total. The normalized spacial score (nSPS) is 12.2. The summed E-state index contributed by atoms with van der Waals surface area (Å²) in [6.07, 6.45) is 2.79. The first-order valence-electron chi connectivity index (χ1n) is 10.9. The molecule has 1 atom stereocenters. The van der Waals surface area contributed by atoms with Gasteiger partial charge >= 0.3 is 0 Å². The van der Waals surface area contributed by atoms with Gasteiger partial charge in [0.2, 0.25) is 21.8 Å². The van der Waals surface area contributed by atoms with E-state index in [0.29, 0.717) is 6.54 Å². The smallest absolute Gasteiger partial charge is 0.244 e. The first-order valence-corrected chi connectivity index (χ1v) is 13.1. The van der Waals surface area contributed by atoms with Crippen LogP contribution in [0.5, 0.6) is 0 Å². The second-order valence-corrected chi connectivity index (χ2v) is 10.4. The first kappa shape index (κ1) is 26.7. The second-order valence-electron chi connectivity index (χ2n) is 8.05. The standard InChI is InChI=1S/C24H32ClN3O4S/c1-5-6-14-26-24(30)19(3)27(16-20-11-9-10-18(2)15-20)23(29)17-28(33(4,31)32)22-13-8-7-12-21(22)25/h7-13,15,19H,5-6,14,16-17H2,1-4H3,(H,26,30)/t19-/m1/s1. The third-order valence-corrected chi connectivity index (χ3v) is 6.68. The molecule has 0 aromatic heterocycles. The number of hydrogen-bond donors (Lipinski definition) is 1. The molecule has 1 N–H and O–H groups in total. The van der Waals surface area contributed by atoms with E-state index in [2.05, 4.69) is 5.32 Å². The van der Waals surface area contributed by atoms with Crippen LogP contribution in [0.4, 0.5) is 5.69 Å². The van der Waals surface area contributed by atoms with Gasteiger partial charge in [-0.1, -0.05) is 66.9 Å². The van der Waals surface area contributed by atoms with Gasteiger partial charge in [-0.3, -0.25) is 13.9 Å². The molecule has 180 valence electrons. The number of carbonyl (C=O) groups is 2. The number of nitrogens with one attached hydrogen (secondary N) is 1. The Labute approximate surface area is 201 Å². The van der Waals surface area contributed by atoms with E-state index in [1.54, 1.807) is 31.2 Å². The number of amides is 2. The zero-order valence-corrected chi connectivity index (χ0v) is 21.1. The van der Waals surface area contributed by atoms with Crippen LogP contribution in [0.1, 0.15) is 37.8 Å². The molecule has 2 amide bonds. The number of rotatable bonds is 11. The van der Waals surface area contributed by atoms with Crippen LogP contribution in [-0.2, 0) is 26.2 Å². The fourth-order valence-corrected chi connectivity index (χ4v) is 4.52. The van der Waals surface area contributed by atoms with Crippen molar-refractivity contribution in [3.05, 3.63) is 64.7 Å². The number of anilines is 1. The zero-order chi connectivity index (χ0) is 24.6. The molecule has 0 unspecified atom stereocenters. The van der Waals surface area contributed by atoms with Crippen molar-refractivity contribution in [2.75, 3.05) is 23.7 Å². The molecule has 0 saturated carbocycles. The van der Waals surface area contributed by atoms with E-state index in [1.165, 1.54) is 4.90 Å². The van der Waals surface area contributed by atoms with Gasteiger partial charge in [-0.25, -0.2) is 8.42 Å². The van der Waals surface area contributed by atoms with Crippen LogP contribution in [0, 0.1) is 6.92 Å². The Kier molecular flexibility index (Phi) is 9.73. The lowest BCUT2D eigenvalue weighted by Crippen LogP contribution is -2.51. The fraction of sp³-hybridized carbons (Fsp3) is 0.417. The molecule has 33 heavy (non-hydrogen) atoms. The van der Waals surface area contributed by atoms with Gasteiger partial charge in [0.15, 0.2) is 0 Å². The predicted octanol–water partition coefficient (Wildman–Crippen LogP) is 3.75. The average Bonchev–Trinajstić information content (AvgIpc) is 2.75. The van der Waals surface area contributed by atoms with Crippen LogP contribution in [0.15, 0.2) is 48.5 Å². The number of unbranched alkanes of at least 4 members (excludes halogenated alkanes) is 1. The number of sulfonamides is 1. The summed E-state index contributed by atoms with van der Waals surface area (Å²) >= 11 is 6.22. The summed E-state index contributed by atoms with van der Waals surface area (Å²) in [7, 11) is -3.81. The molecule has 9 heteroatoms. The highest BCUT2D eigenvalue weighted by atomic mass is 35.5. The van der Waals surface area contributed by atoms with Gasteiger partial charge in [-0.15, -0.1) is 0 Å². The van der Waals surface area contributed by atoms with E-state index >= 15 is 0 Å². The molecule has 0 saturated heterocycles. The molecule has 2 aromatic rings. The van der Waals surface area contributed by atoms with Crippen molar-refractivity contribution >= 4 is 39.1 Å². The zero-order valence-electron chi connectivity index (χ0n) is 19.5. The highest BCUT2D eigenvalue weighted by molar-refractivity contribution is 7.92. The van der Waals surface area contributed by atoms with Crippen LogP contribution in [-0.4, -0.2) is 50.5 Å². The number of aryl methyl sites for hydroxylation is 1. The minimum atomic E-state index is -3.81. The first-order chi connectivity index (χ1) is 15.5. The second kappa shape index (κ2) is 12.0. The average molecular weight is 494 g/mol. The number of nitrogens with zero attached hydrogens (tertiary/aromatic N) is 2. The van der Waals surface area contributed by atoms with Gasteiger partial charge in [0.25, 0.3) is 0 Å². The number of para-hydroxylation sites is 1. The lowest BCUT2D eigenvalue weighted by atomic mass is 10.1. The Balaban J connectivity index is 2.36. The maximum Gasteiger partial charge on any atom is 0.244 e. The minimum Gasteiger partial charge on any atom is -0.354 e. The van der Waals surface area contributed by atoms with Crippen LogP contribution in [0.25, 0.3) is 0 Å². The molecule has 0 aliphatic carbocycles. The molecule has 0 fully saturated rings. The Morgan fingerprint density at radius 3 is 2.42 bits per heavy atom. The summed E-state index contributed by atoms with van der Waals surface area (Å²) in [5, 5.41) is 3.07. The topological polar surface area (TPSA) is 86.8 Å². The minimum absolute atomic E-state index is 0.170. The number of halogens is 1. The lowest BCUT2D eigenvalue weighted by Gasteiger charge is -2.31. The predicted molar refractivity (Wildman–Crippen MR) is 133 cm³/mol. The van der Waals surface area contributed by atoms with Gasteiger partial charge in [0, 0.05) is 13.1 Å². The Hall–Kier alpha value is -2.58. The number of carbonyl (C=O) groups excluding carboxylic acids is 2. The quantitative estimate of drug-likeness (QED) is 0.483. The van der Waals surface area contributed by atoms with Crippen molar-refractivity contribution in [1.82, 2.24) is 10.2 Å². The summed E-state index contributed by atoms with van der Waals surface area (Å²) in [5.74, 6) is -0.784. The molecular weight excluding hydrogens is 462 g/mol. The highest BCUT2D eigenvalue weighted by Gasteiger charge is 2.30. The van der Waals surface area contributed by atoms with Gasteiger partial charge in [0.1, 0.15) is 12.6 Å². The third kappa shape index (κ3) is 7.75. The maximum absolute atomic E-state index is 13.4. The van der Waals surface area contributed by atoms with Crippen LogP contribution in [0.3, 0.4) is 0 Å². The highest BCUT2D eigenvalue weighted by Crippen LogP contribution is 2.27. The summed E-state index contributed by atoms with van der Waals surface area (Å²) in [4.78, 5) is 27.6. The number of hydrogen-bond acceptors (Lipinski definition) is 4. The third-order valence-electron chi connectivity index (χ3n) is 5.23. The van der Waals surface area contributed by atoms with Crippen molar-refractivity contribution in [3.63, 3.8) is 0 Å². The molecule has 0 bridgehead atoms. The van der Waals surface area contributed by atoms with Gasteiger partial charge < -0.3 is 10.2 Å². The molecular formula is C24H32ClN3O4S. The van der Waals surface area contributed by atoms with Crippen molar-refractivity contribution in [2.24, 2.45) is 0 Å². The summed E-state index contributed by atoms with van der Waals surface area (Å²) < 4.78 is 26.1. The van der Waals surface area contributed by atoms with Crippen molar-refractivity contribution in [3.8, 4) is 0 Å². The van der Waals surface area contributed by atoms with Crippen LogP contribution >= 0.6 is 11.6 Å². The van der Waals surface area contributed by atoms with E-state index in [-0.39, 0.29) is 23.2 Å². The van der Waals surface area contributed by atoms with E-state index in [0.717, 1.165) is 34.5 Å². The monoisotopic (exact) mass is 493 g/mol. The largest absolute Gasteiger partial charge is 0.354 e. The van der Waals surface area contributed by atoms with Crippen molar-refractivity contribution in [2.45, 2.75) is 46.2 Å². The summed E-state index contributed by atoms with van der Waals surface area (Å²) in [6.45, 7) is 5.83. The van der Waals surface area contributed by atoms with Crippen molar-refractivity contribution < 1.29 is 18.0 Å². The maximum atomic E-state index is 13.4. The summed E-state index contributed by atoms with van der Waals surface area (Å²) in [6, 6.07) is 13.3. The van der Waals surface area contributed by atoms with Crippen molar-refractivity contribution in [1.29, 1.82) is 0 Å². The van der Waals surface area contributed by atoms with Crippen LogP contribution in [0.2, 0.25) is 5.02 Å². The molecule has 0 spiro atoms. The molecule has 0 aliphatic heterocycles. The lowest BCUT2D eigenvalue weighted by molar-refractivity contribution is -0.139. The number of benzene rings is 2. The Morgan fingerprint density at radius 1 is 1.12 bits per heavy atom. The SMILES string of the molecule is CCCCNC(=O)[C@@H](C)N(Cc1cccc(C)c1)C(=O)CN(c1ccccc1Cl)S(C)(=O)=O. The van der Waals surface area contributed by atoms with E-state index in [9.17, 15) is 18.0 Å². The van der Waals surface area contributed by atoms with E-state index < -0.39 is 28.5 Å². The van der Waals surface area contributed by atoms with Gasteiger partial charge in [-0.05, 0) is 38.0 Å². The molecule has 2 aromatic carbocycles. The van der Waals surface area contributed by atoms with E-state index in [4.69, 9.17) is 11.6 Å². The molecule has 0 aliphatic rings.